The van der Waals surface area contributed by atoms with Crippen molar-refractivity contribution in [3.8, 4) is 0 Å². The lowest BCUT2D eigenvalue weighted by Crippen LogP contribution is -2.37. The van der Waals surface area contributed by atoms with Crippen molar-refractivity contribution in [1.82, 2.24) is 15.0 Å². The van der Waals surface area contributed by atoms with Crippen molar-refractivity contribution in [1.29, 1.82) is 0 Å². The first-order chi connectivity index (χ1) is 9.81. The summed E-state index contributed by atoms with van der Waals surface area (Å²) < 4.78 is 10.9. The van der Waals surface area contributed by atoms with Crippen LogP contribution in [0.3, 0.4) is 0 Å². The van der Waals surface area contributed by atoms with Crippen molar-refractivity contribution >= 4 is 23.7 Å². The van der Waals surface area contributed by atoms with E-state index >= 15 is 0 Å². The van der Waals surface area contributed by atoms with Gasteiger partial charge in [-0.2, -0.15) is 15.0 Å². The van der Waals surface area contributed by atoms with Crippen LogP contribution in [0.15, 0.2) is 5.16 Å². The highest BCUT2D eigenvalue weighted by atomic mass is 32.2. The van der Waals surface area contributed by atoms with E-state index in [1.54, 1.807) is 11.8 Å². The van der Waals surface area contributed by atoms with E-state index in [4.69, 9.17) is 15.2 Å². The summed E-state index contributed by atoms with van der Waals surface area (Å²) in [5.41, 5.74) is 5.79. The van der Waals surface area contributed by atoms with Crippen molar-refractivity contribution in [3.05, 3.63) is 0 Å². The first kappa shape index (κ1) is 13.8. The molecule has 1 unspecified atom stereocenters. The summed E-state index contributed by atoms with van der Waals surface area (Å²) in [7, 11) is 0. The molecule has 3 rings (SSSR count). The molecule has 0 aromatic carbocycles. The topological polar surface area (TPSA) is 86.4 Å². The second-order valence-corrected chi connectivity index (χ2v) is 5.81. The molecule has 2 aliphatic heterocycles. The van der Waals surface area contributed by atoms with Gasteiger partial charge in [-0.05, 0) is 12.8 Å². The number of rotatable bonds is 4. The largest absolute Gasteiger partial charge is 0.378 e. The third-order valence-corrected chi connectivity index (χ3v) is 4.32. The number of ether oxygens (including phenoxy) is 2. The van der Waals surface area contributed by atoms with Crippen LogP contribution in [-0.4, -0.2) is 59.7 Å². The Hall–Kier alpha value is -1.12. The highest BCUT2D eigenvalue weighted by Crippen LogP contribution is 2.23. The molecule has 0 spiro atoms. The number of morpholine rings is 1. The van der Waals surface area contributed by atoms with Crippen molar-refractivity contribution in [2.75, 3.05) is 49.3 Å². The van der Waals surface area contributed by atoms with E-state index in [0.29, 0.717) is 30.4 Å². The summed E-state index contributed by atoms with van der Waals surface area (Å²) in [6, 6.07) is 0. The molecule has 1 aromatic heterocycles. The van der Waals surface area contributed by atoms with Crippen molar-refractivity contribution < 1.29 is 9.47 Å². The molecular formula is C12H19N5O2S. The molecule has 0 radical (unpaired) electrons. The summed E-state index contributed by atoms with van der Waals surface area (Å²) in [6.45, 7) is 3.84. The summed E-state index contributed by atoms with van der Waals surface area (Å²) in [4.78, 5) is 15.0. The minimum absolute atomic E-state index is 0.274. The molecule has 0 saturated carbocycles. The Bertz CT molecular complexity index is 449. The average molecular weight is 297 g/mol. The number of nitrogens with two attached hydrogens (primary N) is 1. The smallest absolute Gasteiger partial charge is 0.231 e. The summed E-state index contributed by atoms with van der Waals surface area (Å²) >= 11 is 1.58. The lowest BCUT2D eigenvalue weighted by Gasteiger charge is -2.26. The number of hydrogen-bond acceptors (Lipinski definition) is 8. The lowest BCUT2D eigenvalue weighted by molar-refractivity contribution is 0.122. The van der Waals surface area contributed by atoms with Crippen molar-refractivity contribution in [2.45, 2.75) is 24.1 Å². The van der Waals surface area contributed by atoms with Gasteiger partial charge in [0.2, 0.25) is 11.9 Å². The average Bonchev–Trinajstić information content (AvgIpc) is 2.99. The molecule has 2 N–H and O–H groups in total. The maximum atomic E-state index is 5.79. The summed E-state index contributed by atoms with van der Waals surface area (Å²) in [5.74, 6) is 1.79. The lowest BCUT2D eigenvalue weighted by atomic mass is 10.3. The molecule has 0 aliphatic carbocycles. The standard InChI is InChI=1S/C12H19N5O2S/c13-10-14-11(17-3-6-18-7-4-17)16-12(15-10)20-8-9-2-1-5-19-9/h9H,1-8H2,(H2,13,14,15,16). The number of nitrogens with zero attached hydrogens (tertiary/aromatic N) is 4. The van der Waals surface area contributed by atoms with Crippen LogP contribution in [0, 0.1) is 0 Å². The van der Waals surface area contributed by atoms with Gasteiger partial charge in [0.1, 0.15) is 0 Å². The fraction of sp³-hybridized carbons (Fsp3) is 0.750. The van der Waals surface area contributed by atoms with E-state index in [1.807, 2.05) is 0 Å². The third-order valence-electron chi connectivity index (χ3n) is 3.34. The number of hydrogen-bond donors (Lipinski definition) is 1. The Morgan fingerprint density at radius 3 is 2.80 bits per heavy atom. The number of thioether (sulfide) groups is 1. The Balaban J connectivity index is 1.65. The van der Waals surface area contributed by atoms with Crippen LogP contribution in [0.1, 0.15) is 12.8 Å². The van der Waals surface area contributed by atoms with Crippen LogP contribution in [0.25, 0.3) is 0 Å². The number of nitrogen functional groups attached to an aromatic ring is 1. The fourth-order valence-electron chi connectivity index (χ4n) is 2.27. The van der Waals surface area contributed by atoms with Gasteiger partial charge in [0, 0.05) is 25.4 Å². The minimum atomic E-state index is 0.274. The van der Waals surface area contributed by atoms with Gasteiger partial charge in [0.25, 0.3) is 0 Å². The third kappa shape index (κ3) is 3.50. The fourth-order valence-corrected chi connectivity index (χ4v) is 3.18. The van der Waals surface area contributed by atoms with E-state index in [0.717, 1.165) is 38.3 Å². The second-order valence-electron chi connectivity index (χ2n) is 4.82. The van der Waals surface area contributed by atoms with E-state index in [1.165, 1.54) is 0 Å². The monoisotopic (exact) mass is 297 g/mol. The van der Waals surface area contributed by atoms with Gasteiger partial charge >= 0.3 is 0 Å². The molecule has 0 amide bonds. The summed E-state index contributed by atoms with van der Waals surface area (Å²) in [5, 5.41) is 0.675. The van der Waals surface area contributed by atoms with Crippen LogP contribution < -0.4 is 10.6 Å². The van der Waals surface area contributed by atoms with Gasteiger partial charge in [-0.3, -0.25) is 0 Å². The van der Waals surface area contributed by atoms with E-state index < -0.39 is 0 Å². The molecule has 1 aromatic rings. The predicted octanol–water partition coefficient (Wildman–Crippen LogP) is 0.561. The van der Waals surface area contributed by atoms with E-state index in [-0.39, 0.29) is 5.95 Å². The predicted molar refractivity (Wildman–Crippen MR) is 77.0 cm³/mol. The molecule has 7 nitrogen and oxygen atoms in total. The van der Waals surface area contributed by atoms with E-state index in [9.17, 15) is 0 Å². The molecular weight excluding hydrogens is 278 g/mol. The second kappa shape index (κ2) is 6.55. The highest BCUT2D eigenvalue weighted by molar-refractivity contribution is 7.99. The van der Waals surface area contributed by atoms with Crippen LogP contribution in [0.5, 0.6) is 0 Å². The maximum Gasteiger partial charge on any atom is 0.231 e. The van der Waals surface area contributed by atoms with Crippen LogP contribution in [0.2, 0.25) is 0 Å². The van der Waals surface area contributed by atoms with Gasteiger partial charge in [-0.15, -0.1) is 0 Å². The zero-order valence-corrected chi connectivity index (χ0v) is 12.1. The Morgan fingerprint density at radius 2 is 2.05 bits per heavy atom. The number of anilines is 2. The van der Waals surface area contributed by atoms with Gasteiger partial charge in [-0.1, -0.05) is 11.8 Å². The van der Waals surface area contributed by atoms with Crippen LogP contribution in [-0.2, 0) is 9.47 Å². The molecule has 20 heavy (non-hydrogen) atoms. The summed E-state index contributed by atoms with van der Waals surface area (Å²) in [6.07, 6.45) is 2.57. The normalized spacial score (nSPS) is 23.2. The molecule has 0 bridgehead atoms. The van der Waals surface area contributed by atoms with E-state index in [2.05, 4.69) is 19.9 Å². The quantitative estimate of drug-likeness (QED) is 0.807. The zero-order chi connectivity index (χ0) is 13.8. The van der Waals surface area contributed by atoms with Gasteiger partial charge < -0.3 is 20.1 Å². The molecule has 3 heterocycles. The van der Waals surface area contributed by atoms with Crippen LogP contribution in [0.4, 0.5) is 11.9 Å². The highest BCUT2D eigenvalue weighted by Gasteiger charge is 2.19. The SMILES string of the molecule is Nc1nc(SCC2CCCO2)nc(N2CCOCC2)n1. The Morgan fingerprint density at radius 1 is 1.20 bits per heavy atom. The Labute approximate surface area is 122 Å². The zero-order valence-electron chi connectivity index (χ0n) is 11.3. The molecule has 8 heteroatoms. The number of aromatic nitrogens is 3. The van der Waals surface area contributed by atoms with Crippen LogP contribution >= 0.6 is 11.8 Å². The molecule has 2 fully saturated rings. The van der Waals surface area contributed by atoms with Gasteiger partial charge in [0.05, 0.1) is 19.3 Å². The van der Waals surface area contributed by atoms with Gasteiger partial charge in [-0.25, -0.2) is 0 Å². The maximum absolute atomic E-state index is 5.79. The first-order valence-electron chi connectivity index (χ1n) is 6.90. The van der Waals surface area contributed by atoms with Gasteiger partial charge in [0.15, 0.2) is 5.16 Å². The van der Waals surface area contributed by atoms with Crippen molar-refractivity contribution in [2.24, 2.45) is 0 Å². The van der Waals surface area contributed by atoms with Crippen molar-refractivity contribution in [3.63, 3.8) is 0 Å². The first-order valence-corrected chi connectivity index (χ1v) is 7.88. The molecule has 2 saturated heterocycles. The molecule has 1 atom stereocenters. The molecule has 2 aliphatic rings. The molecule has 110 valence electrons. The minimum Gasteiger partial charge on any atom is -0.378 e. The Kier molecular flexibility index (Phi) is 4.54.